The summed E-state index contributed by atoms with van der Waals surface area (Å²) in [5, 5.41) is 18.8. The molecule has 1 atom stereocenters. The molecule has 0 spiro atoms. The van der Waals surface area contributed by atoms with Crippen molar-refractivity contribution in [1.29, 1.82) is 0 Å². The van der Waals surface area contributed by atoms with Crippen molar-refractivity contribution in [2.75, 3.05) is 6.61 Å². The molecule has 2 aromatic rings. The monoisotopic (exact) mass is 272 g/mol. The van der Waals surface area contributed by atoms with Gasteiger partial charge in [-0.1, -0.05) is 37.3 Å². The Morgan fingerprint density at radius 1 is 1.05 bits per heavy atom. The highest BCUT2D eigenvalue weighted by Crippen LogP contribution is 2.27. The lowest BCUT2D eigenvalue weighted by molar-refractivity contribution is 0.173. The lowest BCUT2D eigenvalue weighted by atomic mass is 10.1. The first-order valence-corrected chi connectivity index (χ1v) is 6.89. The van der Waals surface area contributed by atoms with Crippen LogP contribution in [0, 0.1) is 0 Å². The lowest BCUT2D eigenvalue weighted by Gasteiger charge is -2.12. The minimum atomic E-state index is -0.425. The number of hydrogen-bond acceptors (Lipinski definition) is 3. The minimum Gasteiger partial charge on any atom is -0.457 e. The normalized spacial score (nSPS) is 12.2. The molecule has 3 nitrogen and oxygen atoms in total. The smallest absolute Gasteiger partial charge is 0.130 e. The van der Waals surface area contributed by atoms with Crippen molar-refractivity contribution in [1.82, 2.24) is 0 Å². The van der Waals surface area contributed by atoms with Gasteiger partial charge in [-0.05, 0) is 42.2 Å². The van der Waals surface area contributed by atoms with E-state index >= 15 is 0 Å². The molecule has 0 fully saturated rings. The largest absolute Gasteiger partial charge is 0.457 e. The van der Waals surface area contributed by atoms with Gasteiger partial charge >= 0.3 is 0 Å². The molecule has 3 heteroatoms. The fourth-order valence-corrected chi connectivity index (χ4v) is 2.05. The van der Waals surface area contributed by atoms with Gasteiger partial charge in [-0.15, -0.1) is 0 Å². The Labute approximate surface area is 119 Å². The summed E-state index contributed by atoms with van der Waals surface area (Å²) in [5.41, 5.74) is 1.87. The molecule has 0 saturated carbocycles. The topological polar surface area (TPSA) is 49.7 Å². The van der Waals surface area contributed by atoms with Gasteiger partial charge in [0.1, 0.15) is 11.5 Å². The molecule has 0 heterocycles. The van der Waals surface area contributed by atoms with Crippen LogP contribution in [0.25, 0.3) is 0 Å². The summed E-state index contributed by atoms with van der Waals surface area (Å²) in [6, 6.07) is 15.1. The van der Waals surface area contributed by atoms with E-state index in [1.807, 2.05) is 55.5 Å². The summed E-state index contributed by atoms with van der Waals surface area (Å²) >= 11 is 0. The van der Waals surface area contributed by atoms with E-state index in [1.165, 1.54) is 0 Å². The summed E-state index contributed by atoms with van der Waals surface area (Å²) < 4.78 is 5.84. The van der Waals surface area contributed by atoms with Crippen LogP contribution < -0.4 is 4.74 Å². The second kappa shape index (κ2) is 7.08. The van der Waals surface area contributed by atoms with Crippen LogP contribution in [0.2, 0.25) is 0 Å². The molecule has 106 valence electrons. The third-order valence-electron chi connectivity index (χ3n) is 3.23. The van der Waals surface area contributed by atoms with Gasteiger partial charge < -0.3 is 14.9 Å². The Kier molecular flexibility index (Phi) is 5.16. The maximum atomic E-state index is 9.76. The summed E-state index contributed by atoms with van der Waals surface area (Å²) in [6.07, 6.45) is 0.841. The average molecular weight is 272 g/mol. The molecule has 0 radical (unpaired) electrons. The summed E-state index contributed by atoms with van der Waals surface area (Å²) in [5.74, 6) is 1.48. The maximum Gasteiger partial charge on any atom is 0.130 e. The van der Waals surface area contributed by atoms with E-state index in [-0.39, 0.29) is 6.61 Å². The quantitative estimate of drug-likeness (QED) is 0.846. The van der Waals surface area contributed by atoms with Crippen LogP contribution >= 0.6 is 0 Å². The zero-order valence-corrected chi connectivity index (χ0v) is 11.6. The van der Waals surface area contributed by atoms with Crippen LogP contribution in [-0.2, 0) is 6.42 Å². The fraction of sp³-hybridized carbons (Fsp3) is 0.294. The average Bonchev–Trinajstić information content (AvgIpc) is 2.49. The highest BCUT2D eigenvalue weighted by molar-refractivity contribution is 5.38. The van der Waals surface area contributed by atoms with E-state index < -0.39 is 6.10 Å². The molecule has 2 N–H and O–H groups in total. The second-order valence-electron chi connectivity index (χ2n) is 4.68. The van der Waals surface area contributed by atoms with Gasteiger partial charge in [0, 0.05) is 6.61 Å². The number of benzene rings is 2. The first-order chi connectivity index (χ1) is 9.74. The molecule has 0 saturated heterocycles. The van der Waals surface area contributed by atoms with Crippen LogP contribution in [0.3, 0.4) is 0 Å². The van der Waals surface area contributed by atoms with Crippen molar-refractivity contribution in [3.63, 3.8) is 0 Å². The molecule has 2 rings (SSSR count). The number of rotatable bonds is 6. The molecule has 0 aliphatic heterocycles. The standard InChI is InChI=1S/C17H20O3/c1-2-16(19)13-7-9-15(10-8-13)20-17-6-4-3-5-14(17)11-12-18/h3-10,16,18-19H,2,11-12H2,1H3/t16-/m1/s1. The molecule has 20 heavy (non-hydrogen) atoms. The SMILES string of the molecule is CC[C@@H](O)c1ccc(Oc2ccccc2CCO)cc1. The van der Waals surface area contributed by atoms with Gasteiger partial charge in [-0.2, -0.15) is 0 Å². The molecule has 0 aliphatic carbocycles. The van der Waals surface area contributed by atoms with Gasteiger partial charge in [0.2, 0.25) is 0 Å². The number of aliphatic hydroxyl groups is 2. The van der Waals surface area contributed by atoms with E-state index in [0.29, 0.717) is 12.8 Å². The van der Waals surface area contributed by atoms with Crippen LogP contribution in [0.1, 0.15) is 30.6 Å². The zero-order valence-electron chi connectivity index (χ0n) is 11.6. The zero-order chi connectivity index (χ0) is 14.4. The Balaban J connectivity index is 2.14. The molecular weight excluding hydrogens is 252 g/mol. The molecule has 2 aromatic carbocycles. The highest BCUT2D eigenvalue weighted by atomic mass is 16.5. The summed E-state index contributed by atoms with van der Waals surface area (Å²) in [4.78, 5) is 0. The van der Waals surface area contributed by atoms with Crippen LogP contribution in [0.15, 0.2) is 48.5 Å². The van der Waals surface area contributed by atoms with Crippen molar-refractivity contribution < 1.29 is 14.9 Å². The van der Waals surface area contributed by atoms with Crippen LogP contribution in [0.5, 0.6) is 11.5 Å². The van der Waals surface area contributed by atoms with Crippen molar-refractivity contribution >= 4 is 0 Å². The first kappa shape index (κ1) is 14.6. The van der Waals surface area contributed by atoms with Crippen LogP contribution in [-0.4, -0.2) is 16.8 Å². The number of para-hydroxylation sites is 1. The number of aliphatic hydroxyl groups excluding tert-OH is 2. The molecule has 0 amide bonds. The number of hydrogen-bond donors (Lipinski definition) is 2. The molecular formula is C17H20O3. The van der Waals surface area contributed by atoms with Crippen LogP contribution in [0.4, 0.5) is 0 Å². The molecule has 0 aromatic heterocycles. The third-order valence-corrected chi connectivity index (χ3v) is 3.23. The Morgan fingerprint density at radius 2 is 1.75 bits per heavy atom. The molecule has 0 unspecified atom stereocenters. The van der Waals surface area contributed by atoms with E-state index in [0.717, 1.165) is 22.6 Å². The summed E-state index contributed by atoms with van der Waals surface area (Å²) in [7, 11) is 0. The van der Waals surface area contributed by atoms with Crippen molar-refractivity contribution in [2.45, 2.75) is 25.9 Å². The van der Waals surface area contributed by atoms with E-state index in [4.69, 9.17) is 9.84 Å². The van der Waals surface area contributed by atoms with Gasteiger partial charge in [-0.25, -0.2) is 0 Å². The molecule has 0 bridgehead atoms. The number of ether oxygens (including phenoxy) is 1. The van der Waals surface area contributed by atoms with Crippen molar-refractivity contribution in [3.05, 3.63) is 59.7 Å². The van der Waals surface area contributed by atoms with E-state index in [2.05, 4.69) is 0 Å². The van der Waals surface area contributed by atoms with Gasteiger partial charge in [-0.3, -0.25) is 0 Å². The van der Waals surface area contributed by atoms with Gasteiger partial charge in [0.15, 0.2) is 0 Å². The fourth-order valence-electron chi connectivity index (χ4n) is 2.05. The Morgan fingerprint density at radius 3 is 2.40 bits per heavy atom. The lowest BCUT2D eigenvalue weighted by Crippen LogP contribution is -1.96. The van der Waals surface area contributed by atoms with E-state index in [9.17, 15) is 5.11 Å². The predicted octanol–water partition coefficient (Wildman–Crippen LogP) is 3.46. The van der Waals surface area contributed by atoms with Gasteiger partial charge in [0.05, 0.1) is 6.10 Å². The minimum absolute atomic E-state index is 0.0992. The predicted molar refractivity (Wildman–Crippen MR) is 79.0 cm³/mol. The van der Waals surface area contributed by atoms with Gasteiger partial charge in [0.25, 0.3) is 0 Å². The first-order valence-electron chi connectivity index (χ1n) is 6.89. The Hall–Kier alpha value is -1.84. The van der Waals surface area contributed by atoms with Crippen molar-refractivity contribution in [3.8, 4) is 11.5 Å². The highest BCUT2D eigenvalue weighted by Gasteiger charge is 2.06. The maximum absolute atomic E-state index is 9.76. The third kappa shape index (κ3) is 3.59. The van der Waals surface area contributed by atoms with Crippen molar-refractivity contribution in [2.24, 2.45) is 0 Å². The second-order valence-corrected chi connectivity index (χ2v) is 4.68. The Bertz CT molecular complexity index is 534. The summed E-state index contributed by atoms with van der Waals surface area (Å²) in [6.45, 7) is 2.04. The molecule has 0 aliphatic rings. The van der Waals surface area contributed by atoms with E-state index in [1.54, 1.807) is 0 Å².